The SMILES string of the molecule is CCOC(=O)C(C(=O)OCC)[C@H]1CCCCC1=O. The van der Waals surface area contributed by atoms with Crippen molar-refractivity contribution >= 4 is 17.7 Å². The number of rotatable bonds is 5. The molecule has 0 N–H and O–H groups in total. The highest BCUT2D eigenvalue weighted by Crippen LogP contribution is 2.29. The highest BCUT2D eigenvalue weighted by Gasteiger charge is 2.41. The molecule has 5 nitrogen and oxygen atoms in total. The van der Waals surface area contributed by atoms with Crippen LogP contribution in [-0.4, -0.2) is 30.9 Å². The lowest BCUT2D eigenvalue weighted by Gasteiger charge is -2.26. The van der Waals surface area contributed by atoms with Crippen molar-refractivity contribution in [3.63, 3.8) is 0 Å². The molecular weight excluding hydrogens is 236 g/mol. The number of ketones is 1. The fourth-order valence-corrected chi connectivity index (χ4v) is 2.25. The molecule has 18 heavy (non-hydrogen) atoms. The number of hydrogen-bond acceptors (Lipinski definition) is 5. The second-order valence-electron chi connectivity index (χ2n) is 4.30. The van der Waals surface area contributed by atoms with Crippen LogP contribution in [0.1, 0.15) is 39.5 Å². The van der Waals surface area contributed by atoms with E-state index in [1.807, 2.05) is 0 Å². The Morgan fingerprint density at radius 1 is 1.17 bits per heavy atom. The second-order valence-corrected chi connectivity index (χ2v) is 4.30. The van der Waals surface area contributed by atoms with E-state index in [4.69, 9.17) is 9.47 Å². The van der Waals surface area contributed by atoms with Gasteiger partial charge in [-0.3, -0.25) is 14.4 Å². The molecule has 0 heterocycles. The van der Waals surface area contributed by atoms with Gasteiger partial charge < -0.3 is 9.47 Å². The van der Waals surface area contributed by atoms with Crippen LogP contribution in [0.25, 0.3) is 0 Å². The lowest BCUT2D eigenvalue weighted by Crippen LogP contribution is -2.39. The lowest BCUT2D eigenvalue weighted by atomic mass is 9.79. The summed E-state index contributed by atoms with van der Waals surface area (Å²) in [5.74, 6) is -2.98. The smallest absolute Gasteiger partial charge is 0.321 e. The average Bonchev–Trinajstić information content (AvgIpc) is 2.33. The van der Waals surface area contributed by atoms with E-state index < -0.39 is 23.8 Å². The molecule has 102 valence electrons. The van der Waals surface area contributed by atoms with Crippen molar-refractivity contribution in [1.29, 1.82) is 0 Å². The number of Topliss-reactive ketones (excluding diaryl/α,β-unsaturated/α-hetero) is 1. The molecule has 1 rings (SSSR count). The Balaban J connectivity index is 2.84. The molecule has 0 radical (unpaired) electrons. The summed E-state index contributed by atoms with van der Waals surface area (Å²) in [5.41, 5.74) is 0. The van der Waals surface area contributed by atoms with Gasteiger partial charge in [0.2, 0.25) is 0 Å². The maximum atomic E-state index is 11.8. The third kappa shape index (κ3) is 3.55. The summed E-state index contributed by atoms with van der Waals surface area (Å²) in [7, 11) is 0. The predicted molar refractivity (Wildman–Crippen MR) is 63.7 cm³/mol. The van der Waals surface area contributed by atoms with Gasteiger partial charge in [-0.15, -0.1) is 0 Å². The number of ether oxygens (including phenoxy) is 2. The van der Waals surface area contributed by atoms with Crippen LogP contribution in [-0.2, 0) is 23.9 Å². The summed E-state index contributed by atoms with van der Waals surface area (Å²) in [4.78, 5) is 35.5. The highest BCUT2D eigenvalue weighted by molar-refractivity contribution is 6.00. The number of hydrogen-bond donors (Lipinski definition) is 0. The van der Waals surface area contributed by atoms with Crippen molar-refractivity contribution in [3.05, 3.63) is 0 Å². The van der Waals surface area contributed by atoms with Gasteiger partial charge >= 0.3 is 11.9 Å². The van der Waals surface area contributed by atoms with Gasteiger partial charge in [0.15, 0.2) is 5.92 Å². The van der Waals surface area contributed by atoms with E-state index in [-0.39, 0.29) is 19.0 Å². The van der Waals surface area contributed by atoms with Gasteiger partial charge in [0.1, 0.15) is 5.78 Å². The number of esters is 2. The molecule has 0 aromatic carbocycles. The van der Waals surface area contributed by atoms with Crippen LogP contribution in [0.5, 0.6) is 0 Å². The van der Waals surface area contributed by atoms with Crippen LogP contribution in [0, 0.1) is 11.8 Å². The van der Waals surface area contributed by atoms with Crippen molar-refractivity contribution in [2.75, 3.05) is 13.2 Å². The highest BCUT2D eigenvalue weighted by atomic mass is 16.6. The zero-order valence-corrected chi connectivity index (χ0v) is 10.9. The van der Waals surface area contributed by atoms with Gasteiger partial charge in [0, 0.05) is 12.3 Å². The van der Waals surface area contributed by atoms with Gasteiger partial charge in [-0.2, -0.15) is 0 Å². The molecule has 0 unspecified atom stereocenters. The van der Waals surface area contributed by atoms with E-state index in [0.29, 0.717) is 12.8 Å². The molecular formula is C13H20O5. The van der Waals surface area contributed by atoms with E-state index in [2.05, 4.69) is 0 Å². The number of carbonyl (C=O) groups is 3. The van der Waals surface area contributed by atoms with Gasteiger partial charge in [-0.05, 0) is 26.7 Å². The number of carbonyl (C=O) groups excluding carboxylic acids is 3. The molecule has 1 aliphatic rings. The molecule has 1 fully saturated rings. The predicted octanol–water partition coefficient (Wildman–Crippen LogP) is 1.49. The first-order chi connectivity index (χ1) is 8.61. The maximum Gasteiger partial charge on any atom is 0.321 e. The van der Waals surface area contributed by atoms with Crippen molar-refractivity contribution in [3.8, 4) is 0 Å². The lowest BCUT2D eigenvalue weighted by molar-refractivity contribution is -0.167. The van der Waals surface area contributed by atoms with Gasteiger partial charge in [-0.1, -0.05) is 6.42 Å². The van der Waals surface area contributed by atoms with E-state index in [0.717, 1.165) is 12.8 Å². The monoisotopic (exact) mass is 256 g/mol. The Kier molecular flexibility index (Phi) is 5.82. The summed E-state index contributed by atoms with van der Waals surface area (Å²) in [6.45, 7) is 3.72. The van der Waals surface area contributed by atoms with Gasteiger partial charge in [0.05, 0.1) is 13.2 Å². The molecule has 0 aromatic heterocycles. The van der Waals surface area contributed by atoms with Crippen molar-refractivity contribution in [2.24, 2.45) is 11.8 Å². The van der Waals surface area contributed by atoms with Crippen molar-refractivity contribution in [1.82, 2.24) is 0 Å². The molecule has 1 atom stereocenters. The molecule has 0 amide bonds. The zero-order chi connectivity index (χ0) is 13.5. The fourth-order valence-electron chi connectivity index (χ4n) is 2.25. The van der Waals surface area contributed by atoms with Crippen molar-refractivity contribution < 1.29 is 23.9 Å². The van der Waals surface area contributed by atoms with E-state index in [1.165, 1.54) is 0 Å². The zero-order valence-electron chi connectivity index (χ0n) is 10.9. The summed E-state index contributed by atoms with van der Waals surface area (Å²) in [6, 6.07) is 0. The fraction of sp³-hybridized carbons (Fsp3) is 0.769. The molecule has 0 aromatic rings. The van der Waals surface area contributed by atoms with Crippen LogP contribution in [0.3, 0.4) is 0 Å². The quantitative estimate of drug-likeness (QED) is 0.550. The van der Waals surface area contributed by atoms with E-state index in [9.17, 15) is 14.4 Å². The molecule has 5 heteroatoms. The Hall–Kier alpha value is -1.39. The van der Waals surface area contributed by atoms with E-state index >= 15 is 0 Å². The third-order valence-electron chi connectivity index (χ3n) is 3.09. The van der Waals surface area contributed by atoms with Crippen LogP contribution in [0.4, 0.5) is 0 Å². The molecule has 0 spiro atoms. The second kappa shape index (κ2) is 7.13. The average molecular weight is 256 g/mol. The summed E-state index contributed by atoms with van der Waals surface area (Å²) >= 11 is 0. The summed E-state index contributed by atoms with van der Waals surface area (Å²) in [6.07, 6.45) is 2.67. The maximum absolute atomic E-state index is 11.8. The molecule has 0 bridgehead atoms. The Morgan fingerprint density at radius 3 is 2.17 bits per heavy atom. The molecule has 1 aliphatic carbocycles. The molecule has 0 saturated heterocycles. The largest absolute Gasteiger partial charge is 0.465 e. The normalized spacial score (nSPS) is 19.7. The molecule has 1 saturated carbocycles. The van der Waals surface area contributed by atoms with Crippen LogP contribution >= 0.6 is 0 Å². The Bertz CT molecular complexity index is 305. The summed E-state index contributed by atoms with van der Waals surface area (Å²) in [5, 5.41) is 0. The standard InChI is InChI=1S/C13H20O5/c1-3-17-12(15)11(13(16)18-4-2)9-7-5-6-8-10(9)14/h9,11H,3-8H2,1-2H3/t9-/m0/s1. The Morgan fingerprint density at radius 2 is 1.72 bits per heavy atom. The van der Waals surface area contributed by atoms with Crippen molar-refractivity contribution in [2.45, 2.75) is 39.5 Å². The van der Waals surface area contributed by atoms with E-state index in [1.54, 1.807) is 13.8 Å². The third-order valence-corrected chi connectivity index (χ3v) is 3.09. The minimum absolute atomic E-state index is 0.0349. The topological polar surface area (TPSA) is 69.7 Å². The first-order valence-electron chi connectivity index (χ1n) is 6.47. The van der Waals surface area contributed by atoms with Crippen LogP contribution in [0.2, 0.25) is 0 Å². The van der Waals surface area contributed by atoms with Crippen LogP contribution in [0.15, 0.2) is 0 Å². The minimum atomic E-state index is -1.09. The summed E-state index contributed by atoms with van der Waals surface area (Å²) < 4.78 is 9.76. The molecule has 0 aliphatic heterocycles. The van der Waals surface area contributed by atoms with Crippen LogP contribution < -0.4 is 0 Å². The first-order valence-corrected chi connectivity index (χ1v) is 6.47. The minimum Gasteiger partial charge on any atom is -0.465 e. The Labute approximate surface area is 107 Å². The van der Waals surface area contributed by atoms with Gasteiger partial charge in [0.25, 0.3) is 0 Å². The van der Waals surface area contributed by atoms with Gasteiger partial charge in [-0.25, -0.2) is 0 Å². The first kappa shape index (κ1) is 14.7.